The van der Waals surface area contributed by atoms with Crippen molar-refractivity contribution >= 4 is 11.9 Å². The number of hydrogen-bond donors (Lipinski definition) is 4. The van der Waals surface area contributed by atoms with Crippen LogP contribution in [0.2, 0.25) is 0 Å². The number of carboxylic acid groups (broad SMARTS) is 1. The highest BCUT2D eigenvalue weighted by atomic mass is 16.4. The summed E-state index contributed by atoms with van der Waals surface area (Å²) in [5.74, 6) is 35.8. The van der Waals surface area contributed by atoms with Crippen molar-refractivity contribution in [3.05, 3.63) is 23.8 Å². The van der Waals surface area contributed by atoms with Gasteiger partial charge in [0.25, 0.3) is 5.91 Å². The number of phenols is 2. The van der Waals surface area contributed by atoms with Gasteiger partial charge in [-0.3, -0.25) is 4.79 Å². The smallest absolute Gasteiger partial charge is 0.326 e. The number of carboxylic acids is 1. The lowest BCUT2D eigenvalue weighted by atomic mass is 10.1. The lowest BCUT2D eigenvalue weighted by Crippen LogP contribution is -2.41. The zero-order valence-electron chi connectivity index (χ0n) is 17.2. The molecule has 1 aromatic carbocycles. The summed E-state index contributed by atoms with van der Waals surface area (Å²) in [5.41, 5.74) is 0.398. The lowest BCUT2D eigenvalue weighted by molar-refractivity contribution is -0.141. The quantitative estimate of drug-likeness (QED) is 0.404. The van der Waals surface area contributed by atoms with Crippen molar-refractivity contribution in [1.82, 2.24) is 5.32 Å². The number of rotatable bonds is 4. The highest BCUT2D eigenvalue weighted by Crippen LogP contribution is 2.25. The maximum atomic E-state index is 11.8. The summed E-state index contributed by atoms with van der Waals surface area (Å²) in [5, 5.41) is 30.2. The number of carbonyl (C=O) groups is 2. The fourth-order valence-electron chi connectivity index (χ4n) is 1.85. The molecule has 0 unspecified atom stereocenters. The van der Waals surface area contributed by atoms with Gasteiger partial charge in [0.05, 0.1) is 0 Å². The number of amides is 1. The van der Waals surface area contributed by atoms with E-state index in [1.807, 2.05) is 0 Å². The van der Waals surface area contributed by atoms with E-state index < -0.39 is 23.7 Å². The van der Waals surface area contributed by atoms with Gasteiger partial charge in [-0.1, -0.05) is 12.0 Å². The van der Waals surface area contributed by atoms with Gasteiger partial charge in [-0.2, -0.15) is 0 Å². The first-order valence-electron chi connectivity index (χ1n) is 8.91. The van der Waals surface area contributed by atoms with Crippen LogP contribution >= 0.6 is 0 Å². The number of aromatic hydroxyl groups is 2. The van der Waals surface area contributed by atoms with Crippen molar-refractivity contribution in [3.8, 4) is 106 Å². The molecule has 1 rings (SSSR count). The van der Waals surface area contributed by atoms with Crippen molar-refractivity contribution in [3.63, 3.8) is 0 Å². The van der Waals surface area contributed by atoms with Gasteiger partial charge < -0.3 is 20.6 Å². The third kappa shape index (κ3) is 11.7. The van der Waals surface area contributed by atoms with Gasteiger partial charge in [-0.15, -0.1) is 0 Å². The van der Waals surface area contributed by atoms with E-state index in [0.717, 1.165) is 0 Å². The maximum Gasteiger partial charge on any atom is 0.326 e. The van der Waals surface area contributed by atoms with Crippen molar-refractivity contribution in [1.29, 1.82) is 0 Å². The Balaban J connectivity index is 2.60. The van der Waals surface area contributed by atoms with Crippen molar-refractivity contribution in [2.45, 2.75) is 19.4 Å². The van der Waals surface area contributed by atoms with Crippen LogP contribution in [-0.4, -0.2) is 33.2 Å². The Hall–Kier alpha value is -5.76. The SMILES string of the molecule is CC#CC#CC#CC#CC#CC#CC#CC#CC(=O)N[C@@H](Cc1ccc(O)c(O)c1)C(=O)O. The molecule has 6 heteroatoms. The molecule has 0 spiro atoms. The predicted octanol–water partition coefficient (Wildman–Crippen LogP) is 0.257. The Bertz CT molecular complexity index is 1440. The number of aliphatic carboxylic acids is 1. The average molecular weight is 431 g/mol. The van der Waals surface area contributed by atoms with Crippen molar-refractivity contribution in [2.75, 3.05) is 0 Å². The molecule has 6 nitrogen and oxygen atoms in total. The van der Waals surface area contributed by atoms with E-state index in [4.69, 9.17) is 0 Å². The monoisotopic (exact) mass is 431 g/mol. The van der Waals surface area contributed by atoms with E-state index in [2.05, 4.69) is 100 Å². The minimum atomic E-state index is -1.29. The van der Waals surface area contributed by atoms with Gasteiger partial charge in [0, 0.05) is 12.3 Å². The van der Waals surface area contributed by atoms with Crippen LogP contribution in [0.5, 0.6) is 11.5 Å². The fourth-order valence-corrected chi connectivity index (χ4v) is 1.85. The Morgan fingerprint density at radius 3 is 1.73 bits per heavy atom. The van der Waals surface area contributed by atoms with Crippen LogP contribution in [-0.2, 0) is 16.0 Å². The van der Waals surface area contributed by atoms with Crippen LogP contribution in [0.4, 0.5) is 0 Å². The molecular weight excluding hydrogens is 418 g/mol. The number of hydrogen-bond acceptors (Lipinski definition) is 4. The second-order valence-corrected chi connectivity index (χ2v) is 5.52. The maximum absolute atomic E-state index is 11.8. The lowest BCUT2D eigenvalue weighted by Gasteiger charge is -2.13. The zero-order chi connectivity index (χ0) is 24.3. The van der Waals surface area contributed by atoms with E-state index in [9.17, 15) is 24.9 Å². The van der Waals surface area contributed by atoms with Crippen molar-refractivity contribution < 1.29 is 24.9 Å². The Labute approximate surface area is 191 Å². The summed E-state index contributed by atoms with van der Waals surface area (Å²) in [6, 6.07) is 2.55. The molecule has 0 fully saturated rings. The first kappa shape index (κ1) is 25.3. The summed E-state index contributed by atoms with van der Waals surface area (Å²) in [6.45, 7) is 1.67. The molecule has 0 saturated heterocycles. The standard InChI is InChI=1S/C27H13NO5/c1-2-3-4-5-6-7-8-9-10-11-12-13-14-15-16-17-26(31)28-23(27(32)33)20-22-18-19-24(29)25(30)21-22/h18-19,21,23,29-30H,20H2,1H3,(H,28,31)(H,32,33)/t23-/m0/s1. The van der Waals surface area contributed by atoms with Crippen LogP contribution in [0.3, 0.4) is 0 Å². The van der Waals surface area contributed by atoms with Gasteiger partial charge in [0.15, 0.2) is 11.5 Å². The molecule has 4 N–H and O–H groups in total. The third-order valence-electron chi connectivity index (χ3n) is 3.20. The van der Waals surface area contributed by atoms with Crippen LogP contribution < -0.4 is 5.32 Å². The van der Waals surface area contributed by atoms with Crippen LogP contribution in [0.1, 0.15) is 12.5 Å². The van der Waals surface area contributed by atoms with E-state index >= 15 is 0 Å². The summed E-state index contributed by atoms with van der Waals surface area (Å²) in [7, 11) is 0. The van der Waals surface area contributed by atoms with Crippen LogP contribution in [0.25, 0.3) is 0 Å². The van der Waals surface area contributed by atoms with Crippen LogP contribution in [0, 0.1) is 94.7 Å². The second kappa shape index (κ2) is 15.1. The molecule has 0 aliphatic rings. The Morgan fingerprint density at radius 1 is 0.788 bits per heavy atom. The fraction of sp³-hybridized carbons (Fsp3) is 0.111. The van der Waals surface area contributed by atoms with E-state index in [0.29, 0.717) is 5.56 Å². The number of carbonyl (C=O) groups excluding carboxylic acids is 1. The highest BCUT2D eigenvalue weighted by Gasteiger charge is 2.20. The molecule has 0 saturated carbocycles. The molecule has 1 atom stereocenters. The molecule has 0 radical (unpaired) electrons. The molecule has 0 aromatic heterocycles. The average Bonchev–Trinajstić information content (AvgIpc) is 2.78. The highest BCUT2D eigenvalue weighted by molar-refractivity contribution is 5.96. The summed E-state index contributed by atoms with van der Waals surface area (Å²) in [4.78, 5) is 23.1. The number of phenolic OH excluding ortho intramolecular Hbond substituents is 2. The Kier molecular flexibility index (Phi) is 11.6. The predicted molar refractivity (Wildman–Crippen MR) is 121 cm³/mol. The molecule has 1 amide bonds. The van der Waals surface area contributed by atoms with Gasteiger partial charge in [-0.25, -0.2) is 4.79 Å². The van der Waals surface area contributed by atoms with Gasteiger partial charge in [0.1, 0.15) is 6.04 Å². The summed E-state index contributed by atoms with van der Waals surface area (Å²) in [6.07, 6.45) is -0.123. The van der Waals surface area contributed by atoms with Gasteiger partial charge in [-0.05, 0) is 108 Å². The number of nitrogens with one attached hydrogen (secondary N) is 1. The first-order chi connectivity index (χ1) is 15.9. The molecule has 0 aliphatic carbocycles. The minimum Gasteiger partial charge on any atom is -0.504 e. The molecule has 0 aliphatic heterocycles. The first-order valence-corrected chi connectivity index (χ1v) is 8.91. The van der Waals surface area contributed by atoms with Gasteiger partial charge in [0.2, 0.25) is 0 Å². The van der Waals surface area contributed by atoms with E-state index in [1.54, 1.807) is 6.92 Å². The largest absolute Gasteiger partial charge is 0.504 e. The molecule has 33 heavy (non-hydrogen) atoms. The van der Waals surface area contributed by atoms with Gasteiger partial charge >= 0.3 is 5.97 Å². The van der Waals surface area contributed by atoms with E-state index in [-0.39, 0.29) is 12.2 Å². The molecule has 156 valence electrons. The molecule has 0 heterocycles. The summed E-state index contributed by atoms with van der Waals surface area (Å²) < 4.78 is 0. The normalized spacial score (nSPS) is 8.03. The van der Waals surface area contributed by atoms with Crippen molar-refractivity contribution in [2.24, 2.45) is 0 Å². The van der Waals surface area contributed by atoms with Crippen LogP contribution in [0.15, 0.2) is 18.2 Å². The molecule has 0 bridgehead atoms. The topological polar surface area (TPSA) is 107 Å². The number of benzene rings is 1. The third-order valence-corrected chi connectivity index (χ3v) is 3.20. The summed E-state index contributed by atoms with van der Waals surface area (Å²) >= 11 is 0. The second-order valence-electron chi connectivity index (χ2n) is 5.52. The minimum absolute atomic E-state index is 0.123. The zero-order valence-corrected chi connectivity index (χ0v) is 17.2. The molecular formula is C27H13NO5. The Morgan fingerprint density at radius 2 is 1.27 bits per heavy atom. The van der Waals surface area contributed by atoms with E-state index in [1.165, 1.54) is 18.2 Å². The molecule has 1 aromatic rings.